The van der Waals surface area contributed by atoms with Crippen LogP contribution in [-0.2, 0) is 16.6 Å². The molecular formula is C23H21ClN6O2S2. The summed E-state index contributed by atoms with van der Waals surface area (Å²) in [4.78, 5) is 4.04. The highest BCUT2D eigenvalue weighted by Crippen LogP contribution is 2.35. The maximum absolute atomic E-state index is 12.7. The molecule has 6 rings (SSSR count). The zero-order chi connectivity index (χ0) is 23.3. The number of sulfonamides is 1. The predicted molar refractivity (Wildman–Crippen MR) is 134 cm³/mol. The van der Waals surface area contributed by atoms with E-state index in [1.807, 2.05) is 16.8 Å². The molecule has 34 heavy (non-hydrogen) atoms. The van der Waals surface area contributed by atoms with E-state index in [1.165, 1.54) is 24.7 Å². The molecule has 1 saturated heterocycles. The Kier molecular flexibility index (Phi) is 5.40. The van der Waals surface area contributed by atoms with Crippen molar-refractivity contribution in [1.82, 2.24) is 24.5 Å². The van der Waals surface area contributed by atoms with Gasteiger partial charge in [-0.25, -0.2) is 13.4 Å². The molecule has 1 fully saturated rings. The highest BCUT2D eigenvalue weighted by molar-refractivity contribution is 7.93. The molecule has 0 saturated carbocycles. The van der Waals surface area contributed by atoms with E-state index in [9.17, 15) is 8.42 Å². The first-order valence-electron chi connectivity index (χ1n) is 11.0. The number of anilines is 1. The lowest BCUT2D eigenvalue weighted by atomic mass is 9.92. The van der Waals surface area contributed by atoms with Gasteiger partial charge in [0, 0.05) is 34.0 Å². The van der Waals surface area contributed by atoms with Crippen molar-refractivity contribution in [2.24, 2.45) is 0 Å². The molecule has 2 unspecified atom stereocenters. The minimum absolute atomic E-state index is 0.150. The van der Waals surface area contributed by atoms with E-state index in [4.69, 9.17) is 11.6 Å². The molecule has 4 heterocycles. The molecule has 2 atom stereocenters. The fourth-order valence-electron chi connectivity index (χ4n) is 4.82. The third kappa shape index (κ3) is 4.11. The van der Waals surface area contributed by atoms with Gasteiger partial charge in [-0.3, -0.25) is 9.40 Å². The van der Waals surface area contributed by atoms with Crippen molar-refractivity contribution in [2.75, 3.05) is 4.72 Å². The number of hydrogen-bond donors (Lipinski definition) is 2. The molecule has 0 radical (unpaired) electrons. The molecule has 0 spiro atoms. The number of nitrogens with one attached hydrogen (secondary N) is 2. The van der Waals surface area contributed by atoms with Crippen molar-refractivity contribution in [3.05, 3.63) is 71.1 Å². The van der Waals surface area contributed by atoms with Crippen LogP contribution in [0.5, 0.6) is 0 Å². The van der Waals surface area contributed by atoms with Crippen LogP contribution in [0.1, 0.15) is 30.4 Å². The van der Waals surface area contributed by atoms with E-state index in [0.717, 1.165) is 40.0 Å². The van der Waals surface area contributed by atoms with Crippen LogP contribution in [0.3, 0.4) is 0 Å². The van der Waals surface area contributed by atoms with Gasteiger partial charge in [0.2, 0.25) is 5.13 Å². The number of rotatable bonds is 6. The zero-order valence-corrected chi connectivity index (χ0v) is 20.4. The van der Waals surface area contributed by atoms with Crippen LogP contribution < -0.4 is 10.0 Å². The summed E-state index contributed by atoms with van der Waals surface area (Å²) in [5.74, 6) is 0. The van der Waals surface area contributed by atoms with Crippen molar-refractivity contribution < 1.29 is 8.42 Å². The van der Waals surface area contributed by atoms with Crippen molar-refractivity contribution in [3.63, 3.8) is 0 Å². The quantitative estimate of drug-likeness (QED) is 0.399. The summed E-state index contributed by atoms with van der Waals surface area (Å²) in [6, 6.07) is 12.0. The summed E-state index contributed by atoms with van der Waals surface area (Å²) in [7, 11) is -3.76. The van der Waals surface area contributed by atoms with Gasteiger partial charge in [0.25, 0.3) is 10.0 Å². The Labute approximate surface area is 205 Å². The maximum atomic E-state index is 12.7. The number of fused-ring (bicyclic) bond motifs is 3. The first kappa shape index (κ1) is 21.7. The van der Waals surface area contributed by atoms with Gasteiger partial charge in [-0.2, -0.15) is 9.47 Å². The lowest BCUT2D eigenvalue weighted by Crippen LogP contribution is -2.32. The maximum Gasteiger partial charge on any atom is 0.263 e. The van der Waals surface area contributed by atoms with Crippen LogP contribution in [0.4, 0.5) is 5.13 Å². The minimum atomic E-state index is -3.76. The van der Waals surface area contributed by atoms with E-state index in [0.29, 0.717) is 23.7 Å². The molecule has 2 bridgehead atoms. The average Bonchev–Trinajstić information content (AvgIpc) is 3.55. The fraction of sp³-hybridized carbons (Fsp3) is 0.261. The number of benzene rings is 2. The molecule has 2 aromatic heterocycles. The first-order valence-corrected chi connectivity index (χ1v) is 13.6. The molecule has 0 amide bonds. The molecule has 0 aliphatic carbocycles. The minimum Gasteiger partial charge on any atom is -0.307 e. The summed E-state index contributed by atoms with van der Waals surface area (Å²) >= 11 is 7.36. The fourth-order valence-corrected chi connectivity index (χ4v) is 6.68. The van der Waals surface area contributed by atoms with Crippen LogP contribution in [0.25, 0.3) is 16.5 Å². The predicted octanol–water partition coefficient (Wildman–Crippen LogP) is 4.30. The van der Waals surface area contributed by atoms with Crippen LogP contribution >= 0.6 is 23.1 Å². The summed E-state index contributed by atoms with van der Waals surface area (Å²) < 4.78 is 33.6. The Morgan fingerprint density at radius 2 is 2.12 bits per heavy atom. The van der Waals surface area contributed by atoms with Crippen LogP contribution in [0.2, 0.25) is 5.02 Å². The summed E-state index contributed by atoms with van der Waals surface area (Å²) in [6.45, 7) is 0.561. The number of aromatic nitrogens is 4. The van der Waals surface area contributed by atoms with E-state index in [1.54, 1.807) is 24.4 Å². The SMILES string of the molecule is O=S(=O)(Nc1ncns1)c1ccc2c(cnn2Cc2ccc(Cl)cc2C2=CC3CCC(C2)N3)c1. The average molecular weight is 513 g/mol. The molecule has 2 aromatic carbocycles. The highest BCUT2D eigenvalue weighted by atomic mass is 35.5. The van der Waals surface area contributed by atoms with Gasteiger partial charge in [0.15, 0.2) is 0 Å². The van der Waals surface area contributed by atoms with E-state index >= 15 is 0 Å². The highest BCUT2D eigenvalue weighted by Gasteiger charge is 2.29. The normalized spacial score (nSPS) is 20.0. The number of halogens is 1. The van der Waals surface area contributed by atoms with Gasteiger partial charge in [-0.1, -0.05) is 23.7 Å². The Balaban J connectivity index is 1.31. The number of nitrogens with zero attached hydrogens (tertiary/aromatic N) is 4. The second kappa shape index (κ2) is 8.46. The Hall–Kier alpha value is -2.79. The molecule has 8 nitrogen and oxygen atoms in total. The topological polar surface area (TPSA) is 102 Å². The summed E-state index contributed by atoms with van der Waals surface area (Å²) in [6.07, 6.45) is 8.70. The van der Waals surface area contributed by atoms with E-state index in [2.05, 4.69) is 36.6 Å². The van der Waals surface area contributed by atoms with Crippen LogP contribution in [0.15, 0.2) is 59.9 Å². The monoisotopic (exact) mass is 512 g/mol. The molecule has 2 N–H and O–H groups in total. The molecule has 4 aromatic rings. The van der Waals surface area contributed by atoms with Crippen molar-refractivity contribution in [2.45, 2.75) is 42.8 Å². The molecule has 174 valence electrons. The van der Waals surface area contributed by atoms with Crippen molar-refractivity contribution >= 4 is 54.8 Å². The van der Waals surface area contributed by atoms with Crippen LogP contribution in [-0.4, -0.2) is 39.6 Å². The third-order valence-corrected chi connectivity index (χ3v) is 8.67. The second-order valence-electron chi connectivity index (χ2n) is 8.62. The Morgan fingerprint density at radius 1 is 1.21 bits per heavy atom. The van der Waals surface area contributed by atoms with Gasteiger partial charge >= 0.3 is 0 Å². The lowest BCUT2D eigenvalue weighted by Gasteiger charge is -2.23. The van der Waals surface area contributed by atoms with Crippen molar-refractivity contribution in [3.8, 4) is 0 Å². The largest absolute Gasteiger partial charge is 0.307 e. The standard InChI is InChI=1S/C23H21ClN6O2S2/c24-17-2-1-14(21(10-17)15-7-18-3-4-19(8-15)28-18)12-30-22-6-5-20(9-16(22)11-26-30)34(31,32)29-23-25-13-27-33-23/h1-2,5-7,9-11,13,18-19,28H,3-4,8,12H2,(H,25,27,29). The van der Waals surface area contributed by atoms with Gasteiger partial charge in [0.05, 0.1) is 23.2 Å². The summed E-state index contributed by atoms with van der Waals surface area (Å²) in [5, 5.41) is 9.88. The lowest BCUT2D eigenvalue weighted by molar-refractivity contribution is 0.574. The molecule has 2 aliphatic heterocycles. The molecular weight excluding hydrogens is 492 g/mol. The van der Waals surface area contributed by atoms with Gasteiger partial charge < -0.3 is 5.32 Å². The van der Waals surface area contributed by atoms with E-state index in [-0.39, 0.29) is 10.0 Å². The molecule has 11 heteroatoms. The smallest absolute Gasteiger partial charge is 0.263 e. The van der Waals surface area contributed by atoms with Gasteiger partial charge in [0.1, 0.15) is 6.33 Å². The number of hydrogen-bond acceptors (Lipinski definition) is 7. The van der Waals surface area contributed by atoms with Gasteiger partial charge in [-0.15, -0.1) is 0 Å². The Morgan fingerprint density at radius 3 is 2.94 bits per heavy atom. The van der Waals surface area contributed by atoms with Crippen molar-refractivity contribution in [1.29, 1.82) is 0 Å². The summed E-state index contributed by atoms with van der Waals surface area (Å²) in [5.41, 5.74) is 4.48. The van der Waals surface area contributed by atoms with E-state index < -0.39 is 10.0 Å². The third-order valence-electron chi connectivity index (χ3n) is 6.39. The van der Waals surface area contributed by atoms with Gasteiger partial charge in [-0.05, 0) is 66.3 Å². The second-order valence-corrected chi connectivity index (χ2v) is 11.5. The molecule has 2 aliphatic rings. The zero-order valence-electron chi connectivity index (χ0n) is 18.0. The first-order chi connectivity index (χ1) is 16.4. The Bertz CT molecular complexity index is 1510. The van der Waals surface area contributed by atoms with Crippen LogP contribution in [0, 0.1) is 0 Å².